The first kappa shape index (κ1) is 11.0. The molecule has 4 nitrogen and oxygen atoms in total. The highest BCUT2D eigenvalue weighted by molar-refractivity contribution is 5.74. The van der Waals surface area contributed by atoms with Gasteiger partial charge in [0.25, 0.3) is 0 Å². The fourth-order valence-corrected chi connectivity index (χ4v) is 2.05. The fourth-order valence-electron chi connectivity index (χ4n) is 2.05. The number of carbonyl (C=O) groups is 1. The Balaban J connectivity index is 1.71. The average molecular weight is 222 g/mol. The fraction of sp³-hybridized carbons (Fsp3) is 0.583. The van der Waals surface area contributed by atoms with Crippen molar-refractivity contribution in [3.8, 4) is 0 Å². The smallest absolute Gasteiger partial charge is 0.315 e. The Morgan fingerprint density at radius 1 is 1.44 bits per heavy atom. The molecule has 1 aromatic heterocycles. The van der Waals surface area contributed by atoms with Crippen molar-refractivity contribution in [1.82, 2.24) is 10.6 Å². The SMILES string of the molecule is Cc1ccc(CNC(=O)NC2CCCC2)o1. The van der Waals surface area contributed by atoms with Crippen LogP contribution in [-0.4, -0.2) is 12.1 Å². The van der Waals surface area contributed by atoms with E-state index in [9.17, 15) is 4.79 Å². The number of furan rings is 1. The van der Waals surface area contributed by atoms with Crippen molar-refractivity contribution < 1.29 is 9.21 Å². The van der Waals surface area contributed by atoms with E-state index in [4.69, 9.17) is 4.42 Å². The molecule has 1 fully saturated rings. The minimum absolute atomic E-state index is 0.0963. The lowest BCUT2D eigenvalue weighted by atomic mass is 10.2. The van der Waals surface area contributed by atoms with Gasteiger partial charge in [-0.2, -0.15) is 0 Å². The summed E-state index contributed by atoms with van der Waals surface area (Å²) >= 11 is 0. The van der Waals surface area contributed by atoms with Gasteiger partial charge in [0.15, 0.2) is 0 Å². The van der Waals surface area contributed by atoms with Gasteiger partial charge in [0, 0.05) is 6.04 Å². The largest absolute Gasteiger partial charge is 0.465 e. The van der Waals surface area contributed by atoms with Crippen LogP contribution in [0.4, 0.5) is 4.79 Å². The van der Waals surface area contributed by atoms with E-state index in [0.717, 1.165) is 24.4 Å². The van der Waals surface area contributed by atoms with Gasteiger partial charge in [0.1, 0.15) is 11.5 Å². The molecular formula is C12H18N2O2. The normalized spacial score (nSPS) is 16.3. The highest BCUT2D eigenvalue weighted by Gasteiger charge is 2.16. The van der Waals surface area contributed by atoms with Crippen LogP contribution >= 0.6 is 0 Å². The number of amides is 2. The quantitative estimate of drug-likeness (QED) is 0.824. The van der Waals surface area contributed by atoms with E-state index in [-0.39, 0.29) is 6.03 Å². The van der Waals surface area contributed by atoms with Crippen LogP contribution in [0.5, 0.6) is 0 Å². The summed E-state index contributed by atoms with van der Waals surface area (Å²) in [6, 6.07) is 4.04. The van der Waals surface area contributed by atoms with Gasteiger partial charge in [-0.25, -0.2) is 4.79 Å². The van der Waals surface area contributed by atoms with Crippen molar-refractivity contribution in [3.05, 3.63) is 23.7 Å². The number of nitrogens with one attached hydrogen (secondary N) is 2. The number of urea groups is 1. The second kappa shape index (κ2) is 5.05. The number of aryl methyl sites for hydroxylation is 1. The molecule has 88 valence electrons. The van der Waals surface area contributed by atoms with Crippen LogP contribution in [0, 0.1) is 6.92 Å². The molecule has 0 aromatic carbocycles. The summed E-state index contributed by atoms with van der Waals surface area (Å²) < 4.78 is 5.36. The van der Waals surface area contributed by atoms with E-state index in [1.54, 1.807) is 0 Å². The van der Waals surface area contributed by atoms with Crippen LogP contribution in [0.3, 0.4) is 0 Å². The van der Waals surface area contributed by atoms with Crippen molar-refractivity contribution in [3.63, 3.8) is 0 Å². The van der Waals surface area contributed by atoms with Gasteiger partial charge >= 0.3 is 6.03 Å². The maximum absolute atomic E-state index is 11.5. The summed E-state index contributed by atoms with van der Waals surface area (Å²) in [5.74, 6) is 1.66. The van der Waals surface area contributed by atoms with Crippen molar-refractivity contribution in [2.45, 2.75) is 45.2 Å². The molecule has 16 heavy (non-hydrogen) atoms. The lowest BCUT2D eigenvalue weighted by Crippen LogP contribution is -2.40. The Morgan fingerprint density at radius 3 is 2.81 bits per heavy atom. The third-order valence-corrected chi connectivity index (χ3v) is 2.91. The molecule has 0 atom stereocenters. The molecule has 1 heterocycles. The van der Waals surface area contributed by atoms with Gasteiger partial charge in [-0.1, -0.05) is 12.8 Å². The van der Waals surface area contributed by atoms with E-state index in [2.05, 4.69) is 10.6 Å². The number of rotatable bonds is 3. The Bertz CT molecular complexity index is 354. The summed E-state index contributed by atoms with van der Waals surface area (Å²) in [5, 5.41) is 5.76. The minimum atomic E-state index is -0.0963. The van der Waals surface area contributed by atoms with Crippen LogP contribution in [-0.2, 0) is 6.54 Å². The zero-order chi connectivity index (χ0) is 11.4. The van der Waals surface area contributed by atoms with E-state index < -0.39 is 0 Å². The van der Waals surface area contributed by atoms with Gasteiger partial charge in [0.05, 0.1) is 6.54 Å². The highest BCUT2D eigenvalue weighted by atomic mass is 16.3. The van der Waals surface area contributed by atoms with Gasteiger partial charge < -0.3 is 15.1 Å². The van der Waals surface area contributed by atoms with Crippen molar-refractivity contribution in [1.29, 1.82) is 0 Å². The molecule has 2 rings (SSSR count). The monoisotopic (exact) mass is 222 g/mol. The van der Waals surface area contributed by atoms with Crippen molar-refractivity contribution >= 4 is 6.03 Å². The molecule has 0 bridgehead atoms. The van der Waals surface area contributed by atoms with E-state index in [1.165, 1.54) is 12.8 Å². The van der Waals surface area contributed by atoms with E-state index >= 15 is 0 Å². The zero-order valence-electron chi connectivity index (χ0n) is 9.58. The molecule has 0 aliphatic heterocycles. The minimum Gasteiger partial charge on any atom is -0.465 e. The summed E-state index contributed by atoms with van der Waals surface area (Å²) in [7, 11) is 0. The topological polar surface area (TPSA) is 54.3 Å². The highest BCUT2D eigenvalue weighted by Crippen LogP contribution is 2.17. The molecule has 2 N–H and O–H groups in total. The first-order valence-electron chi connectivity index (χ1n) is 5.84. The molecule has 0 spiro atoms. The summed E-state index contributed by atoms with van der Waals surface area (Å²) in [5.41, 5.74) is 0. The molecule has 0 unspecified atom stereocenters. The van der Waals surface area contributed by atoms with Crippen LogP contribution in [0.1, 0.15) is 37.2 Å². The summed E-state index contributed by atoms with van der Waals surface area (Å²) in [6.45, 7) is 2.34. The van der Waals surface area contributed by atoms with Gasteiger partial charge in [-0.05, 0) is 31.9 Å². The zero-order valence-corrected chi connectivity index (χ0v) is 9.58. The predicted molar refractivity (Wildman–Crippen MR) is 61.1 cm³/mol. The van der Waals surface area contributed by atoms with Crippen molar-refractivity contribution in [2.75, 3.05) is 0 Å². The van der Waals surface area contributed by atoms with Gasteiger partial charge in [0.2, 0.25) is 0 Å². The van der Waals surface area contributed by atoms with E-state index in [0.29, 0.717) is 12.6 Å². The molecule has 1 aliphatic carbocycles. The van der Waals surface area contributed by atoms with Crippen LogP contribution in [0.2, 0.25) is 0 Å². The third kappa shape index (κ3) is 3.02. The lowest BCUT2D eigenvalue weighted by molar-refractivity contribution is 0.235. The average Bonchev–Trinajstić information content (AvgIpc) is 2.87. The molecule has 1 aromatic rings. The summed E-state index contributed by atoms with van der Waals surface area (Å²) in [4.78, 5) is 11.5. The number of hydrogen-bond acceptors (Lipinski definition) is 2. The number of hydrogen-bond donors (Lipinski definition) is 2. The van der Waals surface area contributed by atoms with Gasteiger partial charge in [-0.15, -0.1) is 0 Å². The lowest BCUT2D eigenvalue weighted by Gasteiger charge is -2.12. The molecule has 2 amide bonds. The van der Waals surface area contributed by atoms with Gasteiger partial charge in [-0.3, -0.25) is 0 Å². The molecule has 1 saturated carbocycles. The number of carbonyl (C=O) groups excluding carboxylic acids is 1. The maximum atomic E-state index is 11.5. The van der Waals surface area contributed by atoms with Crippen LogP contribution < -0.4 is 10.6 Å². The predicted octanol–water partition coefficient (Wildman–Crippen LogP) is 2.33. The molecule has 0 saturated heterocycles. The Labute approximate surface area is 95.4 Å². The first-order valence-corrected chi connectivity index (χ1v) is 5.84. The Hall–Kier alpha value is -1.45. The molecular weight excluding hydrogens is 204 g/mol. The third-order valence-electron chi connectivity index (χ3n) is 2.91. The maximum Gasteiger partial charge on any atom is 0.315 e. The molecule has 4 heteroatoms. The van der Waals surface area contributed by atoms with Crippen LogP contribution in [0.15, 0.2) is 16.5 Å². The summed E-state index contributed by atoms with van der Waals surface area (Å²) in [6.07, 6.45) is 4.66. The van der Waals surface area contributed by atoms with Crippen LogP contribution in [0.25, 0.3) is 0 Å². The molecule has 0 radical (unpaired) electrons. The van der Waals surface area contributed by atoms with Crippen molar-refractivity contribution in [2.24, 2.45) is 0 Å². The van der Waals surface area contributed by atoms with E-state index in [1.807, 2.05) is 19.1 Å². The second-order valence-corrected chi connectivity index (χ2v) is 4.32. The molecule has 1 aliphatic rings. The Morgan fingerprint density at radius 2 is 2.19 bits per heavy atom. The first-order chi connectivity index (χ1) is 7.74. The Kier molecular flexibility index (Phi) is 3.49. The second-order valence-electron chi connectivity index (χ2n) is 4.32. The standard InChI is InChI=1S/C12H18N2O2/c1-9-6-7-11(16-9)8-13-12(15)14-10-4-2-3-5-10/h6-7,10H,2-5,8H2,1H3,(H2,13,14,15).